The molecule has 2 rings (SSSR count). The number of amides is 1. The number of hydrogen-bond acceptors (Lipinski definition) is 3. The van der Waals surface area contributed by atoms with Crippen molar-refractivity contribution >= 4 is 17.7 Å². The van der Waals surface area contributed by atoms with Gasteiger partial charge in [0.05, 0.1) is 6.61 Å². The van der Waals surface area contributed by atoms with E-state index in [9.17, 15) is 9.90 Å². The summed E-state index contributed by atoms with van der Waals surface area (Å²) in [5.74, 6) is -0.0388. The Balaban J connectivity index is 2.04. The summed E-state index contributed by atoms with van der Waals surface area (Å²) in [5, 5.41) is 12.2. The molecule has 1 aliphatic carbocycles. The van der Waals surface area contributed by atoms with Crippen molar-refractivity contribution in [1.29, 1.82) is 0 Å². The first-order valence-corrected chi connectivity index (χ1v) is 7.36. The molecule has 1 amide bonds. The zero-order valence-corrected chi connectivity index (χ0v) is 11.6. The highest BCUT2D eigenvalue weighted by Gasteiger charge is 2.42. The fraction of sp³-hybridized carbons (Fsp3) is 0.500. The standard InChI is InChI=1S/C14H19NO2S/c1-10-3-4-11(18-2)7-12(10)13(17)15-8-14(9-16)5-6-14/h3-4,7,16H,5-6,8-9H2,1-2H3,(H,15,17). The third-order valence-corrected chi connectivity index (χ3v) is 4.33. The van der Waals surface area contributed by atoms with Gasteiger partial charge in [0.25, 0.3) is 5.91 Å². The minimum Gasteiger partial charge on any atom is -0.396 e. The second-order valence-corrected chi connectivity index (χ2v) is 5.90. The van der Waals surface area contributed by atoms with Gasteiger partial charge in [-0.25, -0.2) is 0 Å². The number of aryl methyl sites for hydroxylation is 1. The molecule has 3 nitrogen and oxygen atoms in total. The molecular formula is C14H19NO2S. The molecule has 1 aromatic rings. The monoisotopic (exact) mass is 265 g/mol. The molecule has 4 heteroatoms. The topological polar surface area (TPSA) is 49.3 Å². The third-order valence-electron chi connectivity index (χ3n) is 3.61. The molecule has 1 fully saturated rings. The number of thioether (sulfide) groups is 1. The Morgan fingerprint density at radius 2 is 2.22 bits per heavy atom. The van der Waals surface area contributed by atoms with Gasteiger partial charge in [-0.1, -0.05) is 6.07 Å². The van der Waals surface area contributed by atoms with Crippen molar-refractivity contribution < 1.29 is 9.90 Å². The minimum absolute atomic E-state index is 0.0388. The lowest BCUT2D eigenvalue weighted by atomic mass is 10.1. The van der Waals surface area contributed by atoms with Crippen molar-refractivity contribution in [3.63, 3.8) is 0 Å². The van der Waals surface area contributed by atoms with E-state index in [0.717, 1.165) is 28.9 Å². The van der Waals surface area contributed by atoms with Crippen LogP contribution in [0.4, 0.5) is 0 Å². The van der Waals surface area contributed by atoms with Crippen LogP contribution < -0.4 is 5.32 Å². The Bertz CT molecular complexity index is 455. The van der Waals surface area contributed by atoms with Crippen LogP contribution in [0.15, 0.2) is 23.1 Å². The van der Waals surface area contributed by atoms with Gasteiger partial charge in [0.15, 0.2) is 0 Å². The largest absolute Gasteiger partial charge is 0.396 e. The molecule has 0 atom stereocenters. The number of carbonyl (C=O) groups excluding carboxylic acids is 1. The highest BCUT2D eigenvalue weighted by atomic mass is 32.2. The highest BCUT2D eigenvalue weighted by Crippen LogP contribution is 2.44. The first-order chi connectivity index (χ1) is 8.60. The average Bonchev–Trinajstić information content (AvgIpc) is 3.17. The van der Waals surface area contributed by atoms with E-state index in [0.29, 0.717) is 6.54 Å². The molecule has 18 heavy (non-hydrogen) atoms. The second kappa shape index (κ2) is 5.33. The maximum Gasteiger partial charge on any atom is 0.251 e. The number of nitrogens with one attached hydrogen (secondary N) is 1. The van der Waals surface area contributed by atoms with Crippen molar-refractivity contribution in [3.8, 4) is 0 Å². The normalized spacial score (nSPS) is 16.4. The van der Waals surface area contributed by atoms with Crippen LogP contribution in [0.5, 0.6) is 0 Å². The Labute approximate surface area is 112 Å². The number of benzene rings is 1. The van der Waals surface area contributed by atoms with E-state index >= 15 is 0 Å². The molecule has 0 bridgehead atoms. The van der Waals surface area contributed by atoms with Gasteiger partial charge >= 0.3 is 0 Å². The van der Waals surface area contributed by atoms with E-state index in [1.165, 1.54) is 0 Å². The molecule has 0 unspecified atom stereocenters. The van der Waals surface area contributed by atoms with Gasteiger partial charge in [0.1, 0.15) is 0 Å². The van der Waals surface area contributed by atoms with Crippen LogP contribution in [0.2, 0.25) is 0 Å². The van der Waals surface area contributed by atoms with Gasteiger partial charge in [0, 0.05) is 22.4 Å². The molecule has 0 aliphatic heterocycles. The Morgan fingerprint density at radius 1 is 1.50 bits per heavy atom. The van der Waals surface area contributed by atoms with E-state index in [2.05, 4.69) is 5.32 Å². The maximum atomic E-state index is 12.1. The summed E-state index contributed by atoms with van der Waals surface area (Å²) in [7, 11) is 0. The fourth-order valence-corrected chi connectivity index (χ4v) is 2.34. The van der Waals surface area contributed by atoms with Crippen molar-refractivity contribution in [2.75, 3.05) is 19.4 Å². The molecule has 0 aromatic heterocycles. The van der Waals surface area contributed by atoms with Gasteiger partial charge < -0.3 is 10.4 Å². The van der Waals surface area contributed by atoms with E-state index in [-0.39, 0.29) is 17.9 Å². The minimum atomic E-state index is -0.0410. The summed E-state index contributed by atoms with van der Waals surface area (Å²) < 4.78 is 0. The van der Waals surface area contributed by atoms with Crippen LogP contribution >= 0.6 is 11.8 Å². The molecule has 0 spiro atoms. The molecule has 1 aliphatic rings. The van der Waals surface area contributed by atoms with E-state index < -0.39 is 0 Å². The van der Waals surface area contributed by atoms with Crippen molar-refractivity contribution in [2.24, 2.45) is 5.41 Å². The van der Waals surface area contributed by atoms with Gasteiger partial charge in [-0.3, -0.25) is 4.79 Å². The number of aliphatic hydroxyl groups is 1. The van der Waals surface area contributed by atoms with Crippen LogP contribution in [-0.4, -0.2) is 30.4 Å². The number of aliphatic hydroxyl groups excluding tert-OH is 1. The molecule has 1 aromatic carbocycles. The first kappa shape index (κ1) is 13.4. The summed E-state index contributed by atoms with van der Waals surface area (Å²) in [6, 6.07) is 5.92. The molecular weight excluding hydrogens is 246 g/mol. The molecule has 98 valence electrons. The Kier molecular flexibility index (Phi) is 3.97. The van der Waals surface area contributed by atoms with Gasteiger partial charge in [-0.2, -0.15) is 0 Å². The number of rotatable bonds is 5. The van der Waals surface area contributed by atoms with Gasteiger partial charge in [-0.15, -0.1) is 11.8 Å². The van der Waals surface area contributed by atoms with Crippen LogP contribution in [0.3, 0.4) is 0 Å². The van der Waals surface area contributed by atoms with Crippen molar-refractivity contribution in [1.82, 2.24) is 5.32 Å². The van der Waals surface area contributed by atoms with Crippen LogP contribution in [0.25, 0.3) is 0 Å². The smallest absolute Gasteiger partial charge is 0.251 e. The molecule has 0 saturated heterocycles. The first-order valence-electron chi connectivity index (χ1n) is 6.14. The molecule has 2 N–H and O–H groups in total. The van der Waals surface area contributed by atoms with Crippen LogP contribution in [0, 0.1) is 12.3 Å². The van der Waals surface area contributed by atoms with Crippen LogP contribution in [-0.2, 0) is 0 Å². The predicted octanol–water partition coefficient (Wildman–Crippen LogP) is 2.22. The summed E-state index contributed by atoms with van der Waals surface area (Å²) in [5.41, 5.74) is 1.68. The molecule has 0 radical (unpaired) electrons. The molecule has 0 heterocycles. The summed E-state index contributed by atoms with van der Waals surface area (Å²) in [6.07, 6.45) is 4.01. The van der Waals surface area contributed by atoms with Gasteiger partial charge in [0.2, 0.25) is 0 Å². The quantitative estimate of drug-likeness (QED) is 0.803. The zero-order chi connectivity index (χ0) is 13.2. The lowest BCUT2D eigenvalue weighted by Gasteiger charge is -2.14. The zero-order valence-electron chi connectivity index (χ0n) is 10.8. The van der Waals surface area contributed by atoms with Crippen LogP contribution in [0.1, 0.15) is 28.8 Å². The van der Waals surface area contributed by atoms with E-state index in [4.69, 9.17) is 0 Å². The fourth-order valence-electron chi connectivity index (χ4n) is 1.90. The SMILES string of the molecule is CSc1ccc(C)c(C(=O)NCC2(CO)CC2)c1. The second-order valence-electron chi connectivity index (χ2n) is 5.02. The van der Waals surface area contributed by atoms with E-state index in [1.807, 2.05) is 31.4 Å². The maximum absolute atomic E-state index is 12.1. The van der Waals surface area contributed by atoms with Crippen molar-refractivity contribution in [2.45, 2.75) is 24.7 Å². The van der Waals surface area contributed by atoms with Crippen molar-refractivity contribution in [3.05, 3.63) is 29.3 Å². The summed E-state index contributed by atoms with van der Waals surface area (Å²) in [6.45, 7) is 2.68. The summed E-state index contributed by atoms with van der Waals surface area (Å²) in [4.78, 5) is 13.2. The third kappa shape index (κ3) is 2.87. The Morgan fingerprint density at radius 3 is 2.78 bits per heavy atom. The Hall–Kier alpha value is -1.00. The highest BCUT2D eigenvalue weighted by molar-refractivity contribution is 7.98. The lowest BCUT2D eigenvalue weighted by Crippen LogP contribution is -2.32. The average molecular weight is 265 g/mol. The number of carbonyl (C=O) groups is 1. The predicted molar refractivity (Wildman–Crippen MR) is 74.0 cm³/mol. The lowest BCUT2D eigenvalue weighted by molar-refractivity contribution is 0.0934. The van der Waals surface area contributed by atoms with E-state index in [1.54, 1.807) is 11.8 Å². The van der Waals surface area contributed by atoms with Gasteiger partial charge in [-0.05, 0) is 43.7 Å². The number of hydrogen-bond donors (Lipinski definition) is 2. The summed E-state index contributed by atoms with van der Waals surface area (Å²) >= 11 is 1.63. The molecule has 1 saturated carbocycles.